The fourth-order valence-electron chi connectivity index (χ4n) is 3.97. The van der Waals surface area contributed by atoms with E-state index in [4.69, 9.17) is 13.7 Å². The summed E-state index contributed by atoms with van der Waals surface area (Å²) < 4.78 is 160. The van der Waals surface area contributed by atoms with Gasteiger partial charge in [-0.25, -0.2) is 21.8 Å². The predicted octanol–water partition coefficient (Wildman–Crippen LogP) is 2.90. The van der Waals surface area contributed by atoms with Gasteiger partial charge in [0.1, 0.15) is 22.1 Å². The molecule has 23 nitrogen and oxygen atoms in total. The summed E-state index contributed by atoms with van der Waals surface area (Å²) in [6, 6.07) is 7.85. The highest BCUT2D eigenvalue weighted by atomic mass is 32.3. The molecule has 53 heavy (non-hydrogen) atoms. The van der Waals surface area contributed by atoms with Crippen molar-refractivity contribution in [2.24, 2.45) is 20.5 Å². The largest absolute Gasteiger partial charge is 0.397 e. The molecule has 0 atom stereocenters. The Morgan fingerprint density at radius 1 is 0.623 bits per heavy atom. The number of azo groups is 2. The minimum absolute atomic E-state index is 0.0340. The van der Waals surface area contributed by atoms with E-state index < -0.39 is 85.4 Å². The van der Waals surface area contributed by atoms with E-state index in [2.05, 4.69) is 44.4 Å². The minimum atomic E-state index is -4.96. The summed E-state index contributed by atoms with van der Waals surface area (Å²) >= 11 is 0. The highest BCUT2D eigenvalue weighted by Gasteiger charge is 2.20. The predicted molar refractivity (Wildman–Crippen MR) is 185 cm³/mol. The van der Waals surface area contributed by atoms with E-state index in [1.54, 1.807) is 6.92 Å². The van der Waals surface area contributed by atoms with Gasteiger partial charge < -0.3 is 10.6 Å². The Labute approximate surface area is 303 Å². The molecule has 0 amide bonds. The number of nitrogens with zero attached hydrogens (tertiary/aromatic N) is 5. The van der Waals surface area contributed by atoms with Crippen LogP contribution < -0.4 is 10.6 Å². The lowest BCUT2D eigenvalue weighted by atomic mass is 10.1. The molecule has 0 bridgehead atoms. The minimum Gasteiger partial charge on any atom is -0.369 e. The quantitative estimate of drug-likeness (QED) is 0.0573. The summed E-state index contributed by atoms with van der Waals surface area (Å²) in [4.78, 5) is 3.19. The van der Waals surface area contributed by atoms with E-state index in [9.17, 15) is 46.6 Å². The van der Waals surface area contributed by atoms with Crippen LogP contribution in [0.25, 0.3) is 0 Å². The van der Waals surface area contributed by atoms with Crippen LogP contribution in [0.3, 0.4) is 0 Å². The number of nitrogens with one attached hydrogen (secondary N) is 2. The molecule has 0 saturated heterocycles. The highest BCUT2D eigenvalue weighted by molar-refractivity contribution is 7.91. The molecule has 3 rings (SSSR count). The first-order valence-electron chi connectivity index (χ1n) is 14.3. The highest BCUT2D eigenvalue weighted by Crippen LogP contribution is 2.36. The zero-order valence-electron chi connectivity index (χ0n) is 27.2. The molecular weight excluding hydrogens is 815 g/mol. The van der Waals surface area contributed by atoms with Crippen molar-refractivity contribution >= 4 is 85.3 Å². The maximum absolute atomic E-state index is 12.3. The summed E-state index contributed by atoms with van der Waals surface area (Å²) in [5.74, 6) is -1.27. The van der Waals surface area contributed by atoms with Gasteiger partial charge in [0.15, 0.2) is 15.7 Å². The van der Waals surface area contributed by atoms with Gasteiger partial charge in [0.25, 0.3) is 20.2 Å². The van der Waals surface area contributed by atoms with Crippen molar-refractivity contribution < 1.29 is 68.7 Å². The summed E-state index contributed by atoms with van der Waals surface area (Å²) in [5, 5.41) is 21.3. The molecule has 2 aromatic carbocycles. The lowest BCUT2D eigenvalue weighted by Gasteiger charge is -2.17. The van der Waals surface area contributed by atoms with Crippen molar-refractivity contribution in [3.05, 3.63) is 53.6 Å². The van der Waals surface area contributed by atoms with Crippen LogP contribution in [0.2, 0.25) is 0 Å². The molecule has 0 saturated carbocycles. The zero-order valence-corrected chi connectivity index (χ0v) is 31.3. The number of rotatable bonds is 19. The Balaban J connectivity index is 1.93. The summed E-state index contributed by atoms with van der Waals surface area (Å²) in [6.07, 6.45) is 0. The van der Waals surface area contributed by atoms with Gasteiger partial charge in [0.2, 0.25) is 0 Å². The van der Waals surface area contributed by atoms with E-state index in [1.807, 2.05) is 0 Å². The topological polar surface area (TPSA) is 356 Å². The van der Waals surface area contributed by atoms with Crippen molar-refractivity contribution in [1.82, 2.24) is 4.98 Å². The van der Waals surface area contributed by atoms with Gasteiger partial charge >= 0.3 is 20.8 Å². The van der Waals surface area contributed by atoms with Gasteiger partial charge in [0.05, 0.1) is 41.0 Å². The van der Waals surface area contributed by atoms with Gasteiger partial charge in [-0.05, 0) is 67.4 Å². The van der Waals surface area contributed by atoms with Crippen LogP contribution in [-0.2, 0) is 59.2 Å². The second kappa shape index (κ2) is 17.4. The van der Waals surface area contributed by atoms with E-state index >= 15 is 0 Å². The van der Waals surface area contributed by atoms with Crippen molar-refractivity contribution in [2.75, 3.05) is 48.4 Å². The van der Waals surface area contributed by atoms with Crippen molar-refractivity contribution in [3.8, 4) is 0 Å². The van der Waals surface area contributed by atoms with Crippen molar-refractivity contribution in [1.29, 1.82) is 0 Å². The van der Waals surface area contributed by atoms with E-state index in [0.29, 0.717) is 11.1 Å². The number of hydrogen-bond donors (Lipinski definition) is 6. The van der Waals surface area contributed by atoms with Crippen LogP contribution in [0.5, 0.6) is 0 Å². The van der Waals surface area contributed by atoms with Crippen LogP contribution >= 0.6 is 0 Å². The molecule has 0 aliphatic carbocycles. The fraction of sp³-hybridized carbons (Fsp3) is 0.320. The van der Waals surface area contributed by atoms with Crippen molar-refractivity contribution in [3.63, 3.8) is 0 Å². The maximum atomic E-state index is 12.3. The van der Waals surface area contributed by atoms with E-state index in [-0.39, 0.29) is 47.5 Å². The summed E-state index contributed by atoms with van der Waals surface area (Å²) in [6.45, 7) is 1.14. The number of aromatic nitrogens is 1. The molecule has 0 aliphatic rings. The van der Waals surface area contributed by atoms with Crippen LogP contribution in [0.15, 0.2) is 72.7 Å². The lowest BCUT2D eigenvalue weighted by molar-refractivity contribution is 0.278. The number of anilines is 2. The smallest absolute Gasteiger partial charge is 0.369 e. The SMILES string of the molecule is Cc1c(NCCS(=O)(=O)CCOS(=O)(=O)O)nc(NCCOS(=O)(=O)O)c(N=Nc2ccc(N=Nc3ccc(S(=O)(=O)O)cc3)cc2S(=O)(=O)O)c1C. The third kappa shape index (κ3) is 14.3. The molecule has 1 aromatic heterocycles. The molecule has 6 N–H and O–H groups in total. The molecule has 0 unspecified atom stereocenters. The van der Waals surface area contributed by atoms with E-state index in [1.165, 1.54) is 25.1 Å². The normalized spacial score (nSPS) is 13.2. The van der Waals surface area contributed by atoms with Gasteiger partial charge in [0, 0.05) is 13.1 Å². The fourth-order valence-corrected chi connectivity index (χ4v) is 6.74. The second-order valence-corrected chi connectivity index (χ2v) is 17.7. The molecular formula is C25H31N7O16S5. The molecule has 1 heterocycles. The number of sulfone groups is 1. The zero-order chi connectivity index (χ0) is 39.8. The van der Waals surface area contributed by atoms with Crippen molar-refractivity contribution in [2.45, 2.75) is 23.6 Å². The Morgan fingerprint density at radius 2 is 1.19 bits per heavy atom. The average molecular weight is 846 g/mol. The Bertz CT molecular complexity index is 2440. The summed E-state index contributed by atoms with van der Waals surface area (Å²) in [5.41, 5.74) is 0.350. The van der Waals surface area contributed by atoms with E-state index in [0.717, 1.165) is 24.3 Å². The number of pyridine rings is 1. The van der Waals surface area contributed by atoms with Gasteiger partial charge in [-0.15, -0.1) is 10.2 Å². The third-order valence-corrected chi connectivity index (χ3v) is 10.9. The first-order chi connectivity index (χ1) is 24.3. The van der Waals surface area contributed by atoms with Crippen LogP contribution in [0.4, 0.5) is 34.4 Å². The molecule has 0 fully saturated rings. The molecule has 28 heteroatoms. The monoisotopic (exact) mass is 845 g/mol. The van der Waals surface area contributed by atoms with Gasteiger partial charge in [-0.3, -0.25) is 18.2 Å². The van der Waals surface area contributed by atoms with Gasteiger partial charge in [-0.2, -0.15) is 43.9 Å². The van der Waals surface area contributed by atoms with Crippen LogP contribution in [-0.4, -0.2) is 103 Å². The molecule has 0 spiro atoms. The Kier molecular flexibility index (Phi) is 14.2. The molecule has 292 valence electrons. The number of hydrogen-bond acceptors (Lipinski definition) is 19. The Morgan fingerprint density at radius 3 is 1.77 bits per heavy atom. The molecule has 3 aromatic rings. The number of benzene rings is 2. The third-order valence-electron chi connectivity index (χ3n) is 6.57. The first-order valence-corrected chi connectivity index (χ1v) is 21.7. The summed E-state index contributed by atoms with van der Waals surface area (Å²) in [7, 11) is -22.9. The average Bonchev–Trinajstić information content (AvgIpc) is 3.02. The molecule has 0 aliphatic heterocycles. The van der Waals surface area contributed by atoms with Gasteiger partial charge in [-0.1, -0.05) is 0 Å². The standard InChI is InChI=1S/C25H31N7O16S5/c1-16-17(2)24(27-10-13-49(33,34)14-12-48-53(44,45)46)28-25(26-9-11-47-52(41,42)43)23(16)32-31-21-8-5-19(15-22(21)51(38,39)40)30-29-18-3-6-20(7-4-18)50(35,36)37/h3-8,15H,9-14H2,1-2H3,(H2,26,27,28)(H,35,36,37)(H,38,39,40)(H,41,42,43)(H,44,45,46). The van der Waals surface area contributed by atoms with Crippen LogP contribution in [0.1, 0.15) is 11.1 Å². The molecule has 0 radical (unpaired) electrons. The second-order valence-electron chi connectivity index (χ2n) is 10.4. The van der Waals surface area contributed by atoms with Crippen LogP contribution in [0, 0.1) is 13.8 Å². The first kappa shape index (κ1) is 43.3. The lowest BCUT2D eigenvalue weighted by Crippen LogP contribution is -2.23. The Hall–Kier alpha value is -4.10. The maximum Gasteiger partial charge on any atom is 0.397 e.